The number of fused-ring (bicyclic) bond motifs is 1. The second-order valence-corrected chi connectivity index (χ2v) is 7.91. The van der Waals surface area contributed by atoms with E-state index in [-0.39, 0.29) is 0 Å². The fraction of sp³-hybridized carbons (Fsp3) is 0.125. The molecule has 1 aliphatic rings. The Balaban J connectivity index is 1.30. The van der Waals surface area contributed by atoms with Crippen LogP contribution in [0.4, 0.5) is 10.5 Å². The highest BCUT2D eigenvalue weighted by Crippen LogP contribution is 2.31. The smallest absolute Gasteiger partial charge is 0.323 e. The summed E-state index contributed by atoms with van der Waals surface area (Å²) < 4.78 is 1.59. The summed E-state index contributed by atoms with van der Waals surface area (Å²) in [6, 6.07) is 17.9. The summed E-state index contributed by atoms with van der Waals surface area (Å²) in [6.07, 6.45) is 4.88. The van der Waals surface area contributed by atoms with E-state index in [0.717, 1.165) is 15.7 Å². The second-order valence-electron chi connectivity index (χ2n) is 7.91. The molecule has 5 rings (SSSR count). The third-order valence-electron chi connectivity index (χ3n) is 5.67. The van der Waals surface area contributed by atoms with E-state index < -0.39 is 29.9 Å². The third-order valence-corrected chi connectivity index (χ3v) is 5.67. The summed E-state index contributed by atoms with van der Waals surface area (Å²) in [4.78, 5) is 43.5. The fourth-order valence-corrected chi connectivity index (χ4v) is 3.88. The lowest BCUT2D eigenvalue weighted by Crippen LogP contribution is -2.42. The van der Waals surface area contributed by atoms with E-state index >= 15 is 0 Å². The van der Waals surface area contributed by atoms with Gasteiger partial charge in [-0.25, -0.2) is 14.5 Å². The van der Waals surface area contributed by atoms with Gasteiger partial charge in [0, 0.05) is 12.4 Å². The zero-order chi connectivity index (χ0) is 23.0. The van der Waals surface area contributed by atoms with Crippen molar-refractivity contribution in [1.82, 2.24) is 25.0 Å². The van der Waals surface area contributed by atoms with Crippen LogP contribution in [0.1, 0.15) is 12.5 Å². The maximum Gasteiger partial charge on any atom is 0.325 e. The van der Waals surface area contributed by atoms with E-state index in [1.807, 2.05) is 42.5 Å². The van der Waals surface area contributed by atoms with Crippen molar-refractivity contribution < 1.29 is 14.4 Å². The average molecular weight is 440 g/mol. The van der Waals surface area contributed by atoms with E-state index in [4.69, 9.17) is 0 Å². The van der Waals surface area contributed by atoms with Crippen LogP contribution in [0.2, 0.25) is 0 Å². The van der Waals surface area contributed by atoms with E-state index in [2.05, 4.69) is 20.7 Å². The minimum Gasteiger partial charge on any atom is -0.323 e. The normalized spacial score (nSPS) is 17.9. The number of hydrogen-bond acceptors (Lipinski definition) is 5. The molecule has 1 aliphatic heterocycles. The molecule has 1 fully saturated rings. The Labute approximate surface area is 189 Å². The monoisotopic (exact) mass is 440 g/mol. The van der Waals surface area contributed by atoms with Gasteiger partial charge in [-0.2, -0.15) is 5.10 Å². The lowest BCUT2D eigenvalue weighted by Gasteiger charge is -2.22. The molecule has 1 saturated heterocycles. The Morgan fingerprint density at radius 1 is 1.06 bits per heavy atom. The summed E-state index contributed by atoms with van der Waals surface area (Å²) in [7, 11) is 0. The second kappa shape index (κ2) is 7.86. The molecule has 1 atom stereocenters. The molecular weight excluding hydrogens is 420 g/mol. The molecule has 2 aromatic heterocycles. The minimum absolute atomic E-state index is 0.408. The van der Waals surface area contributed by atoms with Gasteiger partial charge in [0.2, 0.25) is 5.91 Å². The Hall–Kier alpha value is -4.53. The zero-order valence-electron chi connectivity index (χ0n) is 17.7. The molecule has 9 heteroatoms. The summed E-state index contributed by atoms with van der Waals surface area (Å²) >= 11 is 0. The molecule has 0 saturated carbocycles. The van der Waals surface area contributed by atoms with Crippen molar-refractivity contribution in [3.63, 3.8) is 0 Å². The molecule has 164 valence electrons. The van der Waals surface area contributed by atoms with E-state index in [1.165, 1.54) is 6.20 Å². The van der Waals surface area contributed by atoms with Gasteiger partial charge in [-0.3, -0.25) is 14.5 Å². The summed E-state index contributed by atoms with van der Waals surface area (Å²) in [5, 5.41) is 11.5. The Kier molecular flexibility index (Phi) is 4.86. The lowest BCUT2D eigenvalue weighted by molar-refractivity contribution is -0.133. The van der Waals surface area contributed by atoms with Crippen molar-refractivity contribution in [3.05, 3.63) is 84.8 Å². The number of nitrogens with zero attached hydrogens (tertiary/aromatic N) is 4. The van der Waals surface area contributed by atoms with Gasteiger partial charge in [-0.05, 0) is 47.5 Å². The van der Waals surface area contributed by atoms with Gasteiger partial charge in [0.25, 0.3) is 5.91 Å². The van der Waals surface area contributed by atoms with E-state index in [0.29, 0.717) is 17.1 Å². The molecular formula is C24H20N6O3. The van der Waals surface area contributed by atoms with Crippen molar-refractivity contribution >= 4 is 34.3 Å². The largest absolute Gasteiger partial charge is 0.325 e. The highest BCUT2D eigenvalue weighted by atomic mass is 16.2. The van der Waals surface area contributed by atoms with E-state index in [1.54, 1.807) is 42.2 Å². The molecule has 0 aliphatic carbocycles. The van der Waals surface area contributed by atoms with Crippen molar-refractivity contribution in [1.29, 1.82) is 0 Å². The first-order valence-electron chi connectivity index (χ1n) is 10.3. The number of hydrogen-bond donors (Lipinski definition) is 2. The molecule has 0 unspecified atom stereocenters. The number of nitrogens with one attached hydrogen (secondary N) is 2. The van der Waals surface area contributed by atoms with Gasteiger partial charge in [0.15, 0.2) is 5.82 Å². The van der Waals surface area contributed by atoms with Crippen LogP contribution in [0, 0.1) is 0 Å². The Morgan fingerprint density at radius 3 is 2.61 bits per heavy atom. The highest BCUT2D eigenvalue weighted by Gasteiger charge is 2.49. The molecule has 0 bridgehead atoms. The molecule has 3 heterocycles. The van der Waals surface area contributed by atoms with Gasteiger partial charge < -0.3 is 10.6 Å². The Morgan fingerprint density at radius 2 is 1.88 bits per heavy atom. The number of carbonyl (C=O) groups excluding carboxylic acids is 3. The predicted octanol–water partition coefficient (Wildman–Crippen LogP) is 2.83. The summed E-state index contributed by atoms with van der Waals surface area (Å²) in [5.74, 6) is -0.391. The van der Waals surface area contributed by atoms with Crippen LogP contribution in [-0.2, 0) is 15.1 Å². The predicted molar refractivity (Wildman–Crippen MR) is 122 cm³/mol. The number of aromatic nitrogens is 3. The fourth-order valence-electron chi connectivity index (χ4n) is 3.88. The van der Waals surface area contributed by atoms with Crippen LogP contribution in [0.5, 0.6) is 0 Å². The lowest BCUT2D eigenvalue weighted by atomic mass is 9.90. The molecule has 0 spiro atoms. The number of imide groups is 1. The maximum absolute atomic E-state index is 13.2. The van der Waals surface area contributed by atoms with Gasteiger partial charge >= 0.3 is 6.03 Å². The topological polar surface area (TPSA) is 109 Å². The molecule has 2 aromatic carbocycles. The van der Waals surface area contributed by atoms with Gasteiger partial charge in [0.1, 0.15) is 12.1 Å². The van der Waals surface area contributed by atoms with Crippen molar-refractivity contribution in [2.45, 2.75) is 12.5 Å². The SMILES string of the molecule is C[C@@]1(c2ccc3ccccc3c2)NC(=O)N(CC(=O)Nc2ccc(-n3cccn3)nc2)C1=O. The van der Waals surface area contributed by atoms with Crippen LogP contribution in [0.25, 0.3) is 16.6 Å². The number of carbonyl (C=O) groups is 3. The molecule has 4 amide bonds. The van der Waals surface area contributed by atoms with Gasteiger partial charge in [-0.1, -0.05) is 36.4 Å². The van der Waals surface area contributed by atoms with E-state index in [9.17, 15) is 14.4 Å². The van der Waals surface area contributed by atoms with Crippen LogP contribution < -0.4 is 10.6 Å². The number of urea groups is 1. The number of anilines is 1. The average Bonchev–Trinajstić information content (AvgIpc) is 3.43. The third kappa shape index (κ3) is 3.69. The minimum atomic E-state index is -1.26. The van der Waals surface area contributed by atoms with Crippen LogP contribution in [0.15, 0.2) is 79.3 Å². The summed E-state index contributed by atoms with van der Waals surface area (Å²) in [6.45, 7) is 1.24. The molecule has 33 heavy (non-hydrogen) atoms. The first-order valence-corrected chi connectivity index (χ1v) is 10.3. The molecule has 0 radical (unpaired) electrons. The van der Waals surface area contributed by atoms with Gasteiger partial charge in [-0.15, -0.1) is 0 Å². The standard InChI is InChI=1S/C24H20N6O3/c1-24(18-8-7-16-5-2-3-6-17(16)13-18)22(32)29(23(33)28-24)15-21(31)27-19-9-10-20(25-14-19)30-12-4-11-26-30/h2-14H,15H2,1H3,(H,27,31)(H,28,33)/t24-/m0/s1. The number of benzene rings is 2. The zero-order valence-corrected chi connectivity index (χ0v) is 17.7. The molecule has 4 aromatic rings. The molecule has 9 nitrogen and oxygen atoms in total. The van der Waals surface area contributed by atoms with Crippen molar-refractivity contribution in [2.24, 2.45) is 0 Å². The van der Waals surface area contributed by atoms with Crippen LogP contribution in [-0.4, -0.2) is 44.1 Å². The Bertz CT molecular complexity index is 1370. The quantitative estimate of drug-likeness (QED) is 0.464. The highest BCUT2D eigenvalue weighted by molar-refractivity contribution is 6.10. The maximum atomic E-state index is 13.2. The van der Waals surface area contributed by atoms with Crippen molar-refractivity contribution in [2.75, 3.05) is 11.9 Å². The first-order chi connectivity index (χ1) is 15.9. The van der Waals surface area contributed by atoms with Crippen LogP contribution in [0.3, 0.4) is 0 Å². The number of rotatable bonds is 5. The number of amides is 4. The summed E-state index contributed by atoms with van der Waals surface area (Å²) in [5.41, 5.74) is -0.157. The number of pyridine rings is 1. The van der Waals surface area contributed by atoms with Gasteiger partial charge in [0.05, 0.1) is 11.9 Å². The molecule has 2 N–H and O–H groups in total. The first kappa shape index (κ1) is 20.4. The van der Waals surface area contributed by atoms with Crippen molar-refractivity contribution in [3.8, 4) is 5.82 Å². The van der Waals surface area contributed by atoms with Crippen LogP contribution >= 0.6 is 0 Å².